The Labute approximate surface area is 358 Å². The SMILES string of the molecule is c1ccc(-c2nc(-c3ccccc3)nc(-c3ccccc3-c3ccc4c(c3)c3ccccc3n4-c3cccc(-c4cccc5c6ccccc6n(-c6ccccc6)c45)c3)n2)cc1. The van der Waals surface area contributed by atoms with Gasteiger partial charge in [0.2, 0.25) is 0 Å². The molecule has 62 heavy (non-hydrogen) atoms. The van der Waals surface area contributed by atoms with E-state index in [2.05, 4.69) is 173 Å². The standard InChI is InChI=1S/C57H37N5/c1-4-18-38(19-5-1)55-58-56(39-20-6-2-7-21-39)60-57(59-55)49-29-11-10-26-44(49)41-34-35-53-50(37-41)47-28-13-14-32-51(47)61(53)43-25-16-22-40(36-43)45-30-17-31-48-46-27-12-15-33-52(46)62(54(45)48)42-23-8-3-9-24-42/h1-37H. The molecule has 3 aromatic heterocycles. The molecule has 0 aliphatic heterocycles. The van der Waals surface area contributed by atoms with E-state index in [9.17, 15) is 0 Å². The molecule has 0 saturated carbocycles. The molecule has 12 aromatic rings. The zero-order valence-corrected chi connectivity index (χ0v) is 33.6. The Hall–Kier alpha value is -8.41. The molecular weight excluding hydrogens is 755 g/mol. The summed E-state index contributed by atoms with van der Waals surface area (Å²) >= 11 is 0. The Morgan fingerprint density at radius 2 is 0.726 bits per heavy atom. The van der Waals surface area contributed by atoms with E-state index in [-0.39, 0.29) is 0 Å². The third-order valence-corrected chi connectivity index (χ3v) is 12.0. The second-order valence-corrected chi connectivity index (χ2v) is 15.6. The number of aromatic nitrogens is 5. The third kappa shape index (κ3) is 5.90. The van der Waals surface area contributed by atoms with E-state index in [1.807, 2.05) is 60.7 Å². The first-order valence-electron chi connectivity index (χ1n) is 21.0. The van der Waals surface area contributed by atoms with Gasteiger partial charge in [0.05, 0.1) is 22.1 Å². The van der Waals surface area contributed by atoms with Crippen LogP contribution in [0.4, 0.5) is 0 Å². The average molecular weight is 792 g/mol. The second-order valence-electron chi connectivity index (χ2n) is 15.6. The largest absolute Gasteiger partial charge is 0.309 e. The number of hydrogen-bond acceptors (Lipinski definition) is 3. The maximum absolute atomic E-state index is 5.10. The van der Waals surface area contributed by atoms with Gasteiger partial charge in [-0.3, -0.25) is 0 Å². The van der Waals surface area contributed by atoms with Gasteiger partial charge in [-0.15, -0.1) is 0 Å². The highest BCUT2D eigenvalue weighted by Crippen LogP contribution is 2.41. The van der Waals surface area contributed by atoms with Gasteiger partial charge in [0.25, 0.3) is 0 Å². The van der Waals surface area contributed by atoms with Crippen LogP contribution >= 0.6 is 0 Å². The van der Waals surface area contributed by atoms with Crippen molar-refractivity contribution >= 4 is 43.6 Å². The minimum absolute atomic E-state index is 0.633. The van der Waals surface area contributed by atoms with Gasteiger partial charge in [0.15, 0.2) is 17.5 Å². The number of hydrogen-bond donors (Lipinski definition) is 0. The lowest BCUT2D eigenvalue weighted by Gasteiger charge is -2.14. The highest BCUT2D eigenvalue weighted by molar-refractivity contribution is 6.14. The van der Waals surface area contributed by atoms with Gasteiger partial charge in [-0.2, -0.15) is 0 Å². The molecule has 0 amide bonds. The fraction of sp³-hybridized carbons (Fsp3) is 0. The van der Waals surface area contributed by atoms with Crippen LogP contribution in [0, 0.1) is 0 Å². The predicted octanol–water partition coefficient (Wildman–Crippen LogP) is 14.4. The molecule has 0 radical (unpaired) electrons. The van der Waals surface area contributed by atoms with E-state index in [4.69, 9.17) is 15.0 Å². The van der Waals surface area contributed by atoms with Crippen LogP contribution in [-0.4, -0.2) is 24.1 Å². The Bertz CT molecular complexity index is 3570. The van der Waals surface area contributed by atoms with Crippen LogP contribution in [0.3, 0.4) is 0 Å². The molecule has 12 rings (SSSR count). The van der Waals surface area contributed by atoms with E-state index in [0.717, 1.165) is 55.8 Å². The molecule has 5 nitrogen and oxygen atoms in total. The lowest BCUT2D eigenvalue weighted by molar-refractivity contribution is 1.07. The highest BCUT2D eigenvalue weighted by atomic mass is 15.0. The third-order valence-electron chi connectivity index (χ3n) is 12.0. The van der Waals surface area contributed by atoms with Crippen molar-refractivity contribution in [1.29, 1.82) is 0 Å². The van der Waals surface area contributed by atoms with Gasteiger partial charge < -0.3 is 9.13 Å². The molecule has 0 saturated heterocycles. The van der Waals surface area contributed by atoms with Crippen LogP contribution in [0.5, 0.6) is 0 Å². The molecular formula is C57H37N5. The summed E-state index contributed by atoms with van der Waals surface area (Å²) in [5.41, 5.74) is 14.3. The van der Waals surface area contributed by atoms with E-state index in [1.165, 1.54) is 38.1 Å². The monoisotopic (exact) mass is 791 g/mol. The van der Waals surface area contributed by atoms with Crippen LogP contribution in [0.15, 0.2) is 224 Å². The van der Waals surface area contributed by atoms with Gasteiger partial charge in [-0.05, 0) is 65.2 Å². The zero-order chi connectivity index (χ0) is 41.0. The van der Waals surface area contributed by atoms with E-state index in [1.54, 1.807) is 0 Å². The molecule has 9 aromatic carbocycles. The van der Waals surface area contributed by atoms with Crippen molar-refractivity contribution in [3.05, 3.63) is 224 Å². The van der Waals surface area contributed by atoms with Gasteiger partial charge in [0.1, 0.15) is 0 Å². The first kappa shape index (κ1) is 35.5. The number of benzene rings is 9. The zero-order valence-electron chi connectivity index (χ0n) is 33.6. The summed E-state index contributed by atoms with van der Waals surface area (Å²) < 4.78 is 4.81. The summed E-state index contributed by atoms with van der Waals surface area (Å²) in [6.07, 6.45) is 0. The van der Waals surface area contributed by atoms with Gasteiger partial charge in [-0.1, -0.05) is 176 Å². The van der Waals surface area contributed by atoms with Gasteiger partial charge in [-0.25, -0.2) is 15.0 Å². The molecule has 5 heteroatoms. The van der Waals surface area contributed by atoms with Crippen LogP contribution in [0.1, 0.15) is 0 Å². The molecule has 0 unspecified atom stereocenters. The molecule has 0 fully saturated rings. The minimum atomic E-state index is 0.633. The summed E-state index contributed by atoms with van der Waals surface area (Å²) in [5, 5.41) is 4.85. The minimum Gasteiger partial charge on any atom is -0.309 e. The predicted molar refractivity (Wildman–Crippen MR) is 256 cm³/mol. The van der Waals surface area contributed by atoms with Crippen molar-refractivity contribution in [2.75, 3.05) is 0 Å². The highest BCUT2D eigenvalue weighted by Gasteiger charge is 2.20. The number of para-hydroxylation sites is 4. The quantitative estimate of drug-likeness (QED) is 0.162. The summed E-state index contributed by atoms with van der Waals surface area (Å²) in [6.45, 7) is 0. The topological polar surface area (TPSA) is 48.5 Å². The van der Waals surface area contributed by atoms with Crippen molar-refractivity contribution < 1.29 is 0 Å². The van der Waals surface area contributed by atoms with E-state index < -0.39 is 0 Å². The Morgan fingerprint density at radius 3 is 1.44 bits per heavy atom. The number of fused-ring (bicyclic) bond motifs is 6. The maximum Gasteiger partial charge on any atom is 0.164 e. The number of nitrogens with zero attached hydrogens (tertiary/aromatic N) is 5. The fourth-order valence-electron chi connectivity index (χ4n) is 9.19. The molecule has 3 heterocycles. The molecule has 0 aliphatic rings. The van der Waals surface area contributed by atoms with Crippen LogP contribution < -0.4 is 0 Å². The van der Waals surface area contributed by atoms with E-state index in [0.29, 0.717) is 17.5 Å². The average Bonchev–Trinajstić information content (AvgIpc) is 3.87. The fourth-order valence-corrected chi connectivity index (χ4v) is 9.19. The van der Waals surface area contributed by atoms with Crippen LogP contribution in [0.25, 0.3) is 111 Å². The lowest BCUT2D eigenvalue weighted by Crippen LogP contribution is -2.01. The molecule has 0 atom stereocenters. The van der Waals surface area contributed by atoms with Crippen molar-refractivity contribution in [2.24, 2.45) is 0 Å². The molecule has 0 spiro atoms. The molecule has 290 valence electrons. The van der Waals surface area contributed by atoms with E-state index >= 15 is 0 Å². The molecule has 0 N–H and O–H groups in total. The van der Waals surface area contributed by atoms with Crippen LogP contribution in [-0.2, 0) is 0 Å². The summed E-state index contributed by atoms with van der Waals surface area (Å²) in [4.78, 5) is 15.2. The molecule has 0 bridgehead atoms. The lowest BCUT2D eigenvalue weighted by atomic mass is 9.97. The summed E-state index contributed by atoms with van der Waals surface area (Å²) in [7, 11) is 0. The van der Waals surface area contributed by atoms with Crippen molar-refractivity contribution in [3.8, 4) is 67.8 Å². The van der Waals surface area contributed by atoms with Gasteiger partial charge in [0, 0.05) is 55.2 Å². The summed E-state index contributed by atoms with van der Waals surface area (Å²) in [5.74, 6) is 1.92. The van der Waals surface area contributed by atoms with Gasteiger partial charge >= 0.3 is 0 Å². The Morgan fingerprint density at radius 1 is 0.258 bits per heavy atom. The first-order valence-corrected chi connectivity index (χ1v) is 21.0. The van der Waals surface area contributed by atoms with Crippen molar-refractivity contribution in [1.82, 2.24) is 24.1 Å². The normalized spacial score (nSPS) is 11.5. The smallest absolute Gasteiger partial charge is 0.164 e. The first-order chi connectivity index (χ1) is 30.8. The Balaban J connectivity index is 1.01. The summed E-state index contributed by atoms with van der Waals surface area (Å²) in [6, 6.07) is 79.3. The molecule has 0 aliphatic carbocycles. The Kier molecular flexibility index (Phi) is 8.42. The maximum atomic E-state index is 5.10. The second kappa shape index (κ2) is 14.7. The van der Waals surface area contributed by atoms with Crippen molar-refractivity contribution in [2.45, 2.75) is 0 Å². The number of rotatable bonds is 7. The van der Waals surface area contributed by atoms with Crippen LogP contribution in [0.2, 0.25) is 0 Å². The van der Waals surface area contributed by atoms with Crippen molar-refractivity contribution in [3.63, 3.8) is 0 Å².